The minimum atomic E-state index is -1.33. The Morgan fingerprint density at radius 1 is 1.03 bits per heavy atom. The molecule has 9 heteroatoms. The summed E-state index contributed by atoms with van der Waals surface area (Å²) in [4.78, 5) is 35.6. The predicted molar refractivity (Wildman–Crippen MR) is 108 cm³/mol. The predicted octanol–water partition coefficient (Wildman–Crippen LogP) is 2.10. The van der Waals surface area contributed by atoms with Crippen LogP contribution in [0.2, 0.25) is 0 Å². The number of carbonyl (C=O) groups is 3. The second-order valence-corrected chi connectivity index (χ2v) is 5.67. The van der Waals surface area contributed by atoms with E-state index in [0.29, 0.717) is 17.1 Å². The van der Waals surface area contributed by atoms with Gasteiger partial charge in [0, 0.05) is 17.8 Å². The molecule has 2 aromatic rings. The first-order chi connectivity index (χ1) is 14.3. The Kier molecular flexibility index (Phi) is 6.88. The summed E-state index contributed by atoms with van der Waals surface area (Å²) in [7, 11) is 1.44. The summed E-state index contributed by atoms with van der Waals surface area (Å²) >= 11 is 0. The molecule has 152 valence electrons. The Balaban J connectivity index is 2.15. The molecule has 0 aliphatic heterocycles. The van der Waals surface area contributed by atoms with E-state index in [4.69, 9.17) is 32.5 Å². The van der Waals surface area contributed by atoms with Crippen molar-refractivity contribution in [2.75, 3.05) is 23.9 Å². The number of terminal acetylenes is 2. The van der Waals surface area contributed by atoms with E-state index in [0.717, 1.165) is 23.1 Å². The lowest BCUT2D eigenvalue weighted by atomic mass is 10.1. The van der Waals surface area contributed by atoms with Crippen molar-refractivity contribution >= 4 is 29.2 Å². The molecule has 3 N–H and O–H groups in total. The van der Waals surface area contributed by atoms with E-state index < -0.39 is 24.5 Å². The molecule has 0 radical (unpaired) electrons. The molecular weight excluding hydrogens is 392 g/mol. The summed E-state index contributed by atoms with van der Waals surface area (Å²) < 4.78 is 10.4. The molecule has 1 amide bonds. The van der Waals surface area contributed by atoms with Crippen molar-refractivity contribution in [3.63, 3.8) is 0 Å². The van der Waals surface area contributed by atoms with Crippen LogP contribution in [0.4, 0.5) is 11.4 Å². The number of hydrogen-bond donors (Lipinski definition) is 3. The van der Waals surface area contributed by atoms with E-state index >= 15 is 0 Å². The van der Waals surface area contributed by atoms with Crippen molar-refractivity contribution in [2.45, 2.75) is 0 Å². The minimum absolute atomic E-state index is 0.0799. The van der Waals surface area contributed by atoms with Gasteiger partial charge in [-0.1, -0.05) is 12.8 Å². The van der Waals surface area contributed by atoms with Crippen molar-refractivity contribution in [3.8, 4) is 36.4 Å². The fraction of sp³-hybridized carbons (Fsp3) is 0.0952. The number of anilines is 2. The standard InChI is InChI=1S/C21H16N2O7/c1-4-23(5-2)17-11-15(6-7-18(17)29-3)22-19(24)12-30-16-9-13(20(25)26)8-14(10-16)21(27)28/h1-2,6-11H,12H2,3H3,(H,22,24)(H,25,26)(H,27,28). The molecule has 2 rings (SSSR count). The summed E-state index contributed by atoms with van der Waals surface area (Å²) in [5.41, 5.74) is 0.143. The van der Waals surface area contributed by atoms with Gasteiger partial charge in [0.1, 0.15) is 17.2 Å². The van der Waals surface area contributed by atoms with Gasteiger partial charge in [0.2, 0.25) is 0 Å². The third kappa shape index (κ3) is 5.21. The second kappa shape index (κ2) is 9.53. The van der Waals surface area contributed by atoms with Crippen LogP contribution in [0.1, 0.15) is 20.7 Å². The van der Waals surface area contributed by atoms with Crippen LogP contribution in [0.5, 0.6) is 11.5 Å². The Labute approximate surface area is 171 Å². The highest BCUT2D eigenvalue weighted by Crippen LogP contribution is 2.30. The highest BCUT2D eigenvalue weighted by molar-refractivity contribution is 5.95. The van der Waals surface area contributed by atoms with E-state index in [2.05, 4.69) is 17.4 Å². The van der Waals surface area contributed by atoms with Crippen LogP contribution in [0.25, 0.3) is 0 Å². The quantitative estimate of drug-likeness (QED) is 0.448. The van der Waals surface area contributed by atoms with Crippen molar-refractivity contribution in [3.05, 3.63) is 47.5 Å². The minimum Gasteiger partial charge on any atom is -0.495 e. The maximum atomic E-state index is 12.2. The molecule has 0 atom stereocenters. The molecule has 0 aliphatic carbocycles. The van der Waals surface area contributed by atoms with Crippen LogP contribution in [-0.2, 0) is 4.79 Å². The molecule has 0 spiro atoms. The largest absolute Gasteiger partial charge is 0.495 e. The number of nitrogens with zero attached hydrogens (tertiary/aromatic N) is 1. The van der Waals surface area contributed by atoms with Crippen LogP contribution >= 0.6 is 0 Å². The third-order valence-electron chi connectivity index (χ3n) is 3.73. The number of carboxylic acid groups (broad SMARTS) is 2. The summed E-state index contributed by atoms with van der Waals surface area (Å²) in [6.07, 6.45) is 10.7. The van der Waals surface area contributed by atoms with Gasteiger partial charge < -0.3 is 25.0 Å². The molecule has 0 fully saturated rings. The molecule has 30 heavy (non-hydrogen) atoms. The lowest BCUT2D eigenvalue weighted by molar-refractivity contribution is -0.118. The lowest BCUT2D eigenvalue weighted by Crippen LogP contribution is -2.20. The number of hydrogen-bond acceptors (Lipinski definition) is 6. The second-order valence-electron chi connectivity index (χ2n) is 5.67. The van der Waals surface area contributed by atoms with Crippen LogP contribution in [0, 0.1) is 24.9 Å². The molecule has 0 saturated carbocycles. The number of ether oxygens (including phenoxy) is 2. The molecule has 9 nitrogen and oxygen atoms in total. The van der Waals surface area contributed by atoms with E-state index in [9.17, 15) is 14.4 Å². The number of carboxylic acids is 2. The van der Waals surface area contributed by atoms with E-state index in [1.165, 1.54) is 13.2 Å². The third-order valence-corrected chi connectivity index (χ3v) is 3.73. The molecule has 2 aromatic carbocycles. The van der Waals surface area contributed by atoms with E-state index in [1.54, 1.807) is 12.1 Å². The first-order valence-corrected chi connectivity index (χ1v) is 8.24. The van der Waals surface area contributed by atoms with Crippen molar-refractivity contribution in [1.29, 1.82) is 0 Å². The van der Waals surface area contributed by atoms with Gasteiger partial charge in [-0.25, -0.2) is 14.5 Å². The van der Waals surface area contributed by atoms with E-state index in [-0.39, 0.29) is 16.9 Å². The zero-order chi connectivity index (χ0) is 22.3. The Morgan fingerprint density at radius 3 is 2.13 bits per heavy atom. The Morgan fingerprint density at radius 2 is 1.63 bits per heavy atom. The van der Waals surface area contributed by atoms with Gasteiger partial charge in [-0.05, 0) is 36.4 Å². The Hall–Kier alpha value is -4.63. The number of methoxy groups -OCH3 is 1. The average molecular weight is 408 g/mol. The first-order valence-electron chi connectivity index (χ1n) is 8.24. The van der Waals surface area contributed by atoms with E-state index in [1.807, 2.05) is 0 Å². The Bertz CT molecular complexity index is 1030. The molecule has 0 unspecified atom stereocenters. The van der Waals surface area contributed by atoms with Gasteiger partial charge in [0.05, 0.1) is 18.2 Å². The summed E-state index contributed by atoms with van der Waals surface area (Å²) in [6, 6.07) is 12.4. The van der Waals surface area contributed by atoms with Crippen molar-refractivity contribution < 1.29 is 34.1 Å². The molecular formula is C21H16N2O7. The number of rotatable bonds is 8. The van der Waals surface area contributed by atoms with Crippen LogP contribution < -0.4 is 19.7 Å². The smallest absolute Gasteiger partial charge is 0.335 e. The summed E-state index contributed by atoms with van der Waals surface area (Å²) in [6.45, 7) is -0.502. The molecule has 0 heterocycles. The molecule has 0 aliphatic rings. The highest BCUT2D eigenvalue weighted by Gasteiger charge is 2.14. The lowest BCUT2D eigenvalue weighted by Gasteiger charge is -2.15. The SMILES string of the molecule is C#CN(C#C)c1cc(NC(=O)COc2cc(C(=O)O)cc(C(=O)O)c2)ccc1OC. The maximum absolute atomic E-state index is 12.2. The van der Waals surface area contributed by atoms with Gasteiger partial charge in [-0.15, -0.1) is 0 Å². The number of benzene rings is 2. The summed E-state index contributed by atoms with van der Waals surface area (Å²) in [5.74, 6) is -2.93. The maximum Gasteiger partial charge on any atom is 0.335 e. The monoisotopic (exact) mass is 408 g/mol. The van der Waals surface area contributed by atoms with Gasteiger partial charge in [-0.2, -0.15) is 0 Å². The zero-order valence-electron chi connectivity index (χ0n) is 15.7. The first kappa shape index (κ1) is 21.7. The highest BCUT2D eigenvalue weighted by atomic mass is 16.5. The molecule has 0 aromatic heterocycles. The summed E-state index contributed by atoms with van der Waals surface area (Å²) in [5, 5.41) is 20.7. The number of amides is 1. The number of aromatic carboxylic acids is 2. The fourth-order valence-electron chi connectivity index (χ4n) is 2.39. The van der Waals surface area contributed by atoms with Crippen molar-refractivity contribution in [2.24, 2.45) is 0 Å². The van der Waals surface area contributed by atoms with Gasteiger partial charge in [-0.3, -0.25) is 4.79 Å². The topological polar surface area (TPSA) is 125 Å². The van der Waals surface area contributed by atoms with Crippen LogP contribution in [0.3, 0.4) is 0 Å². The van der Waals surface area contributed by atoms with Gasteiger partial charge >= 0.3 is 11.9 Å². The normalized spacial score (nSPS) is 9.57. The zero-order valence-corrected chi connectivity index (χ0v) is 15.7. The van der Waals surface area contributed by atoms with Gasteiger partial charge in [0.15, 0.2) is 6.61 Å². The number of carbonyl (C=O) groups excluding carboxylic acids is 1. The molecule has 0 saturated heterocycles. The van der Waals surface area contributed by atoms with Crippen LogP contribution in [0.15, 0.2) is 36.4 Å². The van der Waals surface area contributed by atoms with Crippen LogP contribution in [-0.4, -0.2) is 41.8 Å². The van der Waals surface area contributed by atoms with Gasteiger partial charge in [0.25, 0.3) is 5.91 Å². The average Bonchev–Trinajstić information content (AvgIpc) is 2.73. The number of nitrogens with one attached hydrogen (secondary N) is 1. The van der Waals surface area contributed by atoms with Crippen molar-refractivity contribution in [1.82, 2.24) is 0 Å². The fourth-order valence-corrected chi connectivity index (χ4v) is 2.39. The molecule has 0 bridgehead atoms.